The van der Waals surface area contributed by atoms with E-state index < -0.39 is 53.2 Å². The number of carboxylic acid groups (broad SMARTS) is 1. The molecule has 0 aliphatic carbocycles. The van der Waals surface area contributed by atoms with Gasteiger partial charge < -0.3 is 5.11 Å². The van der Waals surface area contributed by atoms with Crippen LogP contribution in [0.4, 0.5) is 13.2 Å². The maximum Gasteiger partial charge on any atom is 0.313 e. The van der Waals surface area contributed by atoms with Gasteiger partial charge in [-0.3, -0.25) is 4.79 Å². The quantitative estimate of drug-likeness (QED) is 0.914. The summed E-state index contributed by atoms with van der Waals surface area (Å²) in [4.78, 5) is 10.5. The molecule has 1 aliphatic heterocycles. The Balaban J connectivity index is 2.34. The molecule has 5 nitrogen and oxygen atoms in total. The average Bonchev–Trinajstić information content (AvgIpc) is 2.40. The number of hydrogen-bond donors (Lipinski definition) is 1. The van der Waals surface area contributed by atoms with E-state index in [0.29, 0.717) is 4.31 Å². The number of aliphatic carboxylic acids is 1. The Labute approximate surface area is 125 Å². The lowest BCUT2D eigenvalue weighted by Crippen LogP contribution is -2.52. The first kappa shape index (κ1) is 16.8. The largest absolute Gasteiger partial charge is 0.481 e. The van der Waals surface area contributed by atoms with E-state index in [2.05, 4.69) is 0 Å². The molecule has 1 atom stereocenters. The molecule has 1 fully saturated rings. The molecular weight excluding hydrogens is 323 g/mol. The van der Waals surface area contributed by atoms with Crippen LogP contribution < -0.4 is 0 Å². The van der Waals surface area contributed by atoms with E-state index in [1.807, 2.05) is 0 Å². The van der Waals surface area contributed by atoms with Crippen LogP contribution >= 0.6 is 0 Å². The fourth-order valence-electron chi connectivity index (χ4n) is 2.24. The van der Waals surface area contributed by atoms with Gasteiger partial charge in [0.25, 0.3) is 5.92 Å². The van der Waals surface area contributed by atoms with Gasteiger partial charge in [-0.15, -0.1) is 0 Å². The summed E-state index contributed by atoms with van der Waals surface area (Å²) in [6.45, 7) is 0.0857. The number of benzene rings is 1. The number of aryl methyl sites for hydroxylation is 1. The van der Waals surface area contributed by atoms with E-state index in [1.54, 1.807) is 0 Å². The van der Waals surface area contributed by atoms with Crippen LogP contribution in [0.5, 0.6) is 0 Å². The molecule has 0 amide bonds. The molecule has 0 bridgehead atoms. The van der Waals surface area contributed by atoms with Crippen molar-refractivity contribution in [2.45, 2.75) is 24.2 Å². The van der Waals surface area contributed by atoms with Gasteiger partial charge in [-0.05, 0) is 24.6 Å². The second kappa shape index (κ2) is 5.54. The van der Waals surface area contributed by atoms with Crippen LogP contribution in [0, 0.1) is 18.7 Å². The normalized spacial score (nSPS) is 22.5. The Morgan fingerprint density at radius 1 is 1.41 bits per heavy atom. The summed E-state index contributed by atoms with van der Waals surface area (Å²) in [7, 11) is -4.22. The lowest BCUT2D eigenvalue weighted by Gasteiger charge is -2.35. The van der Waals surface area contributed by atoms with Crippen LogP contribution in [-0.2, 0) is 14.8 Å². The maximum absolute atomic E-state index is 13.5. The van der Waals surface area contributed by atoms with E-state index in [0.717, 1.165) is 12.1 Å². The zero-order valence-corrected chi connectivity index (χ0v) is 12.4. The Morgan fingerprint density at radius 2 is 2.05 bits per heavy atom. The molecule has 1 aliphatic rings. The molecule has 1 aromatic rings. The maximum atomic E-state index is 13.5. The van der Waals surface area contributed by atoms with Gasteiger partial charge in [0.1, 0.15) is 11.7 Å². The predicted molar refractivity (Wildman–Crippen MR) is 70.6 cm³/mol. The number of piperidine rings is 1. The van der Waals surface area contributed by atoms with Crippen molar-refractivity contribution >= 4 is 16.0 Å². The summed E-state index contributed by atoms with van der Waals surface area (Å²) in [5.41, 5.74) is 0.243. The second-order valence-electron chi connectivity index (χ2n) is 5.18. The van der Waals surface area contributed by atoms with E-state index in [4.69, 9.17) is 5.11 Å². The smallest absolute Gasteiger partial charge is 0.313 e. The molecule has 1 saturated heterocycles. The second-order valence-corrected chi connectivity index (χ2v) is 7.11. The SMILES string of the molecule is Cc1ccc(S(=O)(=O)N2CCC(F)(F)C(C(=O)O)C2)cc1F. The fraction of sp³-hybridized carbons (Fsp3) is 0.462. The third kappa shape index (κ3) is 2.95. The third-order valence-electron chi connectivity index (χ3n) is 3.67. The molecule has 1 heterocycles. The lowest BCUT2D eigenvalue weighted by molar-refractivity contribution is -0.163. The molecule has 122 valence electrons. The van der Waals surface area contributed by atoms with Crippen LogP contribution in [0.3, 0.4) is 0 Å². The molecule has 0 saturated carbocycles. The van der Waals surface area contributed by atoms with Crippen LogP contribution in [0.15, 0.2) is 23.1 Å². The van der Waals surface area contributed by atoms with Crippen LogP contribution in [0.2, 0.25) is 0 Å². The summed E-state index contributed by atoms with van der Waals surface area (Å²) in [6.07, 6.45) is -0.891. The third-order valence-corrected chi connectivity index (χ3v) is 5.53. The highest BCUT2D eigenvalue weighted by atomic mass is 32.2. The predicted octanol–water partition coefficient (Wildman–Crippen LogP) is 1.86. The molecule has 0 radical (unpaired) electrons. The number of nitrogens with zero attached hydrogens (tertiary/aromatic N) is 1. The van der Waals surface area contributed by atoms with Gasteiger partial charge in [-0.25, -0.2) is 21.6 Å². The first-order valence-corrected chi connectivity index (χ1v) is 7.86. The highest BCUT2D eigenvalue weighted by Gasteiger charge is 2.50. The molecular formula is C13H14F3NO4S. The molecule has 2 rings (SSSR count). The number of hydrogen-bond acceptors (Lipinski definition) is 3. The van der Waals surface area contributed by atoms with Gasteiger partial charge in [0.2, 0.25) is 10.0 Å². The molecule has 9 heteroatoms. The highest BCUT2D eigenvalue weighted by Crippen LogP contribution is 2.35. The first-order chi connectivity index (χ1) is 10.1. The monoisotopic (exact) mass is 337 g/mol. The Hall–Kier alpha value is -1.61. The van der Waals surface area contributed by atoms with Gasteiger partial charge in [0.15, 0.2) is 0 Å². The molecule has 1 N–H and O–H groups in total. The standard InChI is InChI=1S/C13H14F3NO4S/c1-8-2-3-9(6-11(8)14)22(20,21)17-5-4-13(15,16)10(7-17)12(18)19/h2-3,6,10H,4-5,7H2,1H3,(H,18,19). The van der Waals surface area contributed by atoms with Crippen molar-refractivity contribution in [3.05, 3.63) is 29.6 Å². The zero-order chi connectivity index (χ0) is 16.7. The van der Waals surface area contributed by atoms with Crippen molar-refractivity contribution in [2.75, 3.05) is 13.1 Å². The molecule has 1 aromatic carbocycles. The number of carbonyl (C=O) groups is 1. The minimum absolute atomic E-state index is 0.243. The van der Waals surface area contributed by atoms with Gasteiger partial charge in [-0.1, -0.05) is 6.07 Å². The minimum atomic E-state index is -4.22. The van der Waals surface area contributed by atoms with Gasteiger partial charge >= 0.3 is 5.97 Å². The number of sulfonamides is 1. The van der Waals surface area contributed by atoms with E-state index in [-0.39, 0.29) is 10.5 Å². The number of rotatable bonds is 3. The molecule has 22 heavy (non-hydrogen) atoms. The molecule has 0 aromatic heterocycles. The number of halogens is 3. The van der Waals surface area contributed by atoms with Crippen LogP contribution in [0.1, 0.15) is 12.0 Å². The summed E-state index contributed by atoms with van der Waals surface area (Å²) in [5.74, 6) is -8.10. The van der Waals surface area contributed by atoms with Crippen molar-refractivity contribution in [3.8, 4) is 0 Å². The molecule has 1 unspecified atom stereocenters. The average molecular weight is 337 g/mol. The highest BCUT2D eigenvalue weighted by molar-refractivity contribution is 7.89. The van der Waals surface area contributed by atoms with Crippen molar-refractivity contribution in [1.29, 1.82) is 0 Å². The Kier molecular flexibility index (Phi) is 4.22. The molecule has 0 spiro atoms. The Bertz CT molecular complexity index is 705. The van der Waals surface area contributed by atoms with E-state index in [1.165, 1.54) is 13.0 Å². The van der Waals surface area contributed by atoms with Crippen LogP contribution in [-0.4, -0.2) is 42.8 Å². The zero-order valence-electron chi connectivity index (χ0n) is 11.6. The first-order valence-electron chi connectivity index (χ1n) is 6.42. The Morgan fingerprint density at radius 3 is 2.59 bits per heavy atom. The fourth-order valence-corrected chi connectivity index (χ4v) is 3.70. The van der Waals surface area contributed by atoms with Crippen molar-refractivity contribution < 1.29 is 31.5 Å². The van der Waals surface area contributed by atoms with Crippen molar-refractivity contribution in [3.63, 3.8) is 0 Å². The number of alkyl halides is 2. The summed E-state index contributed by atoms with van der Waals surface area (Å²) in [5, 5.41) is 8.85. The summed E-state index contributed by atoms with van der Waals surface area (Å²) in [6, 6.07) is 3.22. The van der Waals surface area contributed by atoms with Crippen molar-refractivity contribution in [1.82, 2.24) is 4.31 Å². The summed E-state index contributed by atoms with van der Waals surface area (Å²) >= 11 is 0. The van der Waals surface area contributed by atoms with Crippen LogP contribution in [0.25, 0.3) is 0 Å². The minimum Gasteiger partial charge on any atom is -0.481 e. The van der Waals surface area contributed by atoms with Crippen molar-refractivity contribution in [2.24, 2.45) is 5.92 Å². The topological polar surface area (TPSA) is 74.7 Å². The van der Waals surface area contributed by atoms with E-state index in [9.17, 15) is 26.4 Å². The van der Waals surface area contributed by atoms with Gasteiger partial charge in [-0.2, -0.15) is 4.31 Å². The van der Waals surface area contributed by atoms with E-state index >= 15 is 0 Å². The van der Waals surface area contributed by atoms with Gasteiger partial charge in [0, 0.05) is 19.5 Å². The number of carboxylic acids is 1. The van der Waals surface area contributed by atoms with Gasteiger partial charge in [0.05, 0.1) is 4.90 Å². The lowest BCUT2D eigenvalue weighted by atomic mass is 9.95. The summed E-state index contributed by atoms with van der Waals surface area (Å²) < 4.78 is 65.9.